The molecule has 1 aromatic heterocycles. The molecule has 2 aromatic rings. The molecule has 0 aliphatic heterocycles. The molecule has 1 heterocycles. The van der Waals surface area contributed by atoms with Gasteiger partial charge in [-0.2, -0.15) is 0 Å². The number of benzene rings is 1. The Kier molecular flexibility index (Phi) is 11.8. The first kappa shape index (κ1) is 31.3. The van der Waals surface area contributed by atoms with E-state index in [1.165, 1.54) is 19.1 Å². The number of H-pyrrole nitrogens is 1. The highest BCUT2D eigenvalue weighted by Gasteiger charge is 2.32. The normalized spacial score (nSPS) is 16.1. The highest BCUT2D eigenvalue weighted by Crippen LogP contribution is 2.45. The maximum absolute atomic E-state index is 13.4. The van der Waals surface area contributed by atoms with Gasteiger partial charge >= 0.3 is 18.3 Å². The third kappa shape index (κ3) is 9.45. The van der Waals surface area contributed by atoms with Crippen LogP contribution in [0.2, 0.25) is 0 Å². The van der Waals surface area contributed by atoms with E-state index in [-0.39, 0.29) is 5.75 Å². The molecule has 0 aliphatic carbocycles. The van der Waals surface area contributed by atoms with Gasteiger partial charge in [-0.15, -0.1) is 6.42 Å². The number of aliphatic hydroxyl groups excluding tert-OH is 2. The molecule has 1 aromatic carbocycles. The maximum atomic E-state index is 13.4. The van der Waals surface area contributed by atoms with Gasteiger partial charge in [0.15, 0.2) is 6.23 Å². The number of carbonyl (C=O) groups excluding carboxylic acids is 1. The Morgan fingerprint density at radius 2 is 1.92 bits per heavy atom. The van der Waals surface area contributed by atoms with Crippen LogP contribution in [0.5, 0.6) is 5.75 Å². The van der Waals surface area contributed by atoms with Crippen molar-refractivity contribution in [2.24, 2.45) is 0 Å². The Bertz CT molecular complexity index is 1280. The summed E-state index contributed by atoms with van der Waals surface area (Å²) in [6, 6.07) is 4.90. The second kappa shape index (κ2) is 14.3. The van der Waals surface area contributed by atoms with Gasteiger partial charge in [0.2, 0.25) is 0 Å². The highest BCUT2D eigenvalue weighted by molar-refractivity contribution is 8.09. The van der Waals surface area contributed by atoms with Crippen LogP contribution in [-0.4, -0.2) is 63.3 Å². The molecule has 15 heteroatoms. The van der Waals surface area contributed by atoms with E-state index in [9.17, 15) is 29.0 Å². The summed E-state index contributed by atoms with van der Waals surface area (Å²) in [7, 11) is 0. The number of rotatable bonds is 14. The molecule has 5 atom stereocenters. The topological polar surface area (TPSA) is 161 Å². The standard InChI is InChI=1S/C23H29FN3O9PS/c1-5-18(29)19(35-21(12-28)27-11-10-20(30)25-23(27)32)13-33-37(38,26-15(4)22(31)34-14(2)3)36-17-8-6-16(24)7-9-17/h1,6-11,14-15,18-19,21,28-29H,12-13H2,2-4H3,(H,26,38)(H,25,30,32)/t15-,18-,19+,21+,37?/m0/s1. The minimum Gasteiger partial charge on any atom is -0.462 e. The zero-order valence-electron chi connectivity index (χ0n) is 20.8. The number of ether oxygens (including phenoxy) is 2. The van der Waals surface area contributed by atoms with Gasteiger partial charge < -0.3 is 28.7 Å². The van der Waals surface area contributed by atoms with Crippen LogP contribution < -0.4 is 20.9 Å². The second-order valence-electron chi connectivity index (χ2n) is 8.12. The van der Waals surface area contributed by atoms with Gasteiger partial charge in [-0.1, -0.05) is 5.92 Å². The van der Waals surface area contributed by atoms with E-state index >= 15 is 0 Å². The van der Waals surface area contributed by atoms with Crippen LogP contribution in [0.1, 0.15) is 27.0 Å². The van der Waals surface area contributed by atoms with E-state index in [2.05, 4.69) is 11.0 Å². The number of hydrogen-bond acceptors (Lipinski definition) is 10. The van der Waals surface area contributed by atoms with Crippen molar-refractivity contribution >= 4 is 24.4 Å². The van der Waals surface area contributed by atoms with Crippen LogP contribution in [-0.2, 0) is 30.6 Å². The van der Waals surface area contributed by atoms with Gasteiger partial charge in [0.25, 0.3) is 5.56 Å². The minimum absolute atomic E-state index is 0.120. The summed E-state index contributed by atoms with van der Waals surface area (Å²) in [6.45, 7) is -0.0974. The zero-order chi connectivity index (χ0) is 28.5. The van der Waals surface area contributed by atoms with Crippen molar-refractivity contribution in [3.8, 4) is 18.1 Å². The molecule has 0 saturated carbocycles. The molecule has 12 nitrogen and oxygen atoms in total. The van der Waals surface area contributed by atoms with E-state index in [1.807, 2.05) is 4.98 Å². The van der Waals surface area contributed by atoms with Crippen LogP contribution in [0.25, 0.3) is 0 Å². The Hall–Kier alpha value is -2.89. The number of carbonyl (C=O) groups is 1. The summed E-state index contributed by atoms with van der Waals surface area (Å²) in [5, 5.41) is 22.9. The number of hydrogen-bond donors (Lipinski definition) is 4. The van der Waals surface area contributed by atoms with Crippen molar-refractivity contribution < 1.29 is 37.9 Å². The molecule has 0 fully saturated rings. The number of terminal acetylenes is 1. The first-order chi connectivity index (χ1) is 17.9. The van der Waals surface area contributed by atoms with Crippen molar-refractivity contribution in [3.05, 3.63) is 63.2 Å². The van der Waals surface area contributed by atoms with Gasteiger partial charge in [0.1, 0.15) is 29.8 Å². The largest absolute Gasteiger partial charge is 0.462 e. The molecule has 2 rings (SSSR count). The minimum atomic E-state index is -3.63. The maximum Gasteiger partial charge on any atom is 0.330 e. The highest BCUT2D eigenvalue weighted by atomic mass is 32.5. The lowest BCUT2D eigenvalue weighted by atomic mass is 10.2. The molecule has 0 spiro atoms. The third-order valence-electron chi connectivity index (χ3n) is 4.68. The van der Waals surface area contributed by atoms with Crippen molar-refractivity contribution in [3.63, 3.8) is 0 Å². The molecule has 208 valence electrons. The quantitative estimate of drug-likeness (QED) is 0.144. The Labute approximate surface area is 222 Å². The van der Waals surface area contributed by atoms with Crippen molar-refractivity contribution in [2.75, 3.05) is 13.2 Å². The lowest BCUT2D eigenvalue weighted by Crippen LogP contribution is -2.41. The van der Waals surface area contributed by atoms with Crippen LogP contribution in [0, 0.1) is 18.2 Å². The van der Waals surface area contributed by atoms with Gasteiger partial charge in [-0.25, -0.2) is 14.3 Å². The molecule has 38 heavy (non-hydrogen) atoms. The lowest BCUT2D eigenvalue weighted by Gasteiger charge is -2.30. The fourth-order valence-corrected chi connectivity index (χ4v) is 5.30. The molecular weight excluding hydrogens is 544 g/mol. The van der Waals surface area contributed by atoms with Crippen LogP contribution in [0.15, 0.2) is 46.1 Å². The summed E-state index contributed by atoms with van der Waals surface area (Å²) in [4.78, 5) is 37.9. The number of nitrogens with one attached hydrogen (secondary N) is 2. The predicted molar refractivity (Wildman–Crippen MR) is 138 cm³/mol. The van der Waals surface area contributed by atoms with E-state index in [1.54, 1.807) is 13.8 Å². The monoisotopic (exact) mass is 573 g/mol. The molecule has 0 aliphatic rings. The van der Waals surface area contributed by atoms with Gasteiger partial charge in [-0.3, -0.25) is 19.1 Å². The molecular formula is C23H29FN3O9PS. The third-order valence-corrected chi connectivity index (χ3v) is 7.18. The number of aromatic nitrogens is 2. The fourth-order valence-electron chi connectivity index (χ4n) is 2.88. The SMILES string of the molecule is C#C[C@H](O)[C@@H](COP(=S)(N[C@@H](C)C(=O)OC(C)C)Oc1ccc(F)cc1)O[C@H](CO)n1ccc(=O)[nH]c1=O. The average molecular weight is 574 g/mol. The van der Waals surface area contributed by atoms with Gasteiger partial charge in [0.05, 0.1) is 19.3 Å². The number of esters is 1. The average Bonchev–Trinajstić information content (AvgIpc) is 2.85. The zero-order valence-corrected chi connectivity index (χ0v) is 22.5. The number of halogens is 1. The summed E-state index contributed by atoms with van der Waals surface area (Å²) in [6.07, 6.45) is 1.70. The smallest absolute Gasteiger partial charge is 0.330 e. The van der Waals surface area contributed by atoms with Crippen LogP contribution in [0.3, 0.4) is 0 Å². The van der Waals surface area contributed by atoms with E-state index in [0.29, 0.717) is 0 Å². The first-order valence-electron chi connectivity index (χ1n) is 11.3. The number of aromatic amines is 1. The molecule has 0 saturated heterocycles. The van der Waals surface area contributed by atoms with Crippen molar-refractivity contribution in [2.45, 2.75) is 51.4 Å². The Morgan fingerprint density at radius 1 is 1.26 bits per heavy atom. The van der Waals surface area contributed by atoms with E-state index < -0.39 is 73.5 Å². The summed E-state index contributed by atoms with van der Waals surface area (Å²) in [5.41, 5.74) is -1.54. The number of aliphatic hydroxyl groups is 2. The molecule has 1 unspecified atom stereocenters. The molecule has 0 amide bonds. The fraction of sp³-hybridized carbons (Fsp3) is 0.435. The van der Waals surface area contributed by atoms with Crippen LogP contribution >= 0.6 is 6.64 Å². The number of nitrogens with zero attached hydrogens (tertiary/aromatic N) is 1. The van der Waals surface area contributed by atoms with Crippen LogP contribution in [0.4, 0.5) is 4.39 Å². The predicted octanol–water partition coefficient (Wildman–Crippen LogP) is 0.796. The van der Waals surface area contributed by atoms with Gasteiger partial charge in [0, 0.05) is 12.3 Å². The molecule has 4 N–H and O–H groups in total. The first-order valence-corrected chi connectivity index (χ1v) is 13.9. The lowest BCUT2D eigenvalue weighted by molar-refractivity contribution is -0.149. The summed E-state index contributed by atoms with van der Waals surface area (Å²) < 4.78 is 36.6. The van der Waals surface area contributed by atoms with Gasteiger partial charge in [-0.05, 0) is 56.8 Å². The molecule has 0 bridgehead atoms. The Morgan fingerprint density at radius 3 is 2.47 bits per heavy atom. The molecule has 0 radical (unpaired) electrons. The second-order valence-corrected chi connectivity index (χ2v) is 11.3. The van der Waals surface area contributed by atoms with Crippen molar-refractivity contribution in [1.29, 1.82) is 0 Å². The van der Waals surface area contributed by atoms with E-state index in [0.717, 1.165) is 29.0 Å². The summed E-state index contributed by atoms with van der Waals surface area (Å²) in [5.74, 6) is 1.02. The Balaban J connectivity index is 2.30. The van der Waals surface area contributed by atoms with Crippen molar-refractivity contribution in [1.82, 2.24) is 14.6 Å². The van der Waals surface area contributed by atoms with E-state index in [4.69, 9.17) is 36.8 Å². The summed E-state index contributed by atoms with van der Waals surface area (Å²) >= 11 is 5.56.